The molecule has 0 aliphatic rings. The van der Waals surface area contributed by atoms with E-state index in [-0.39, 0.29) is 17.6 Å². The van der Waals surface area contributed by atoms with E-state index in [9.17, 15) is 4.79 Å². The average Bonchev–Trinajstić information content (AvgIpc) is 2.84. The van der Waals surface area contributed by atoms with E-state index in [4.69, 9.17) is 9.47 Å². The van der Waals surface area contributed by atoms with Crippen LogP contribution in [0.25, 0.3) is 10.9 Å². The van der Waals surface area contributed by atoms with Gasteiger partial charge in [0.1, 0.15) is 17.3 Å². The van der Waals surface area contributed by atoms with Gasteiger partial charge in [0.2, 0.25) is 0 Å². The molecule has 0 spiro atoms. The molecule has 1 heterocycles. The highest BCUT2D eigenvalue weighted by Gasteiger charge is 2.19. The Bertz CT molecular complexity index is 1230. The van der Waals surface area contributed by atoms with Crippen molar-refractivity contribution in [1.29, 1.82) is 0 Å². The Morgan fingerprint density at radius 3 is 2.19 bits per heavy atom. The van der Waals surface area contributed by atoms with E-state index < -0.39 is 0 Å². The highest BCUT2D eigenvalue weighted by Crippen LogP contribution is 2.25. The predicted octanol–water partition coefficient (Wildman–Crippen LogP) is 4.57. The molecular weight excluding hydrogens is 402 g/mol. The molecule has 0 saturated carbocycles. The summed E-state index contributed by atoms with van der Waals surface area (Å²) in [6.07, 6.45) is 0.762. The summed E-state index contributed by atoms with van der Waals surface area (Å²) in [6.45, 7) is 2.01. The number of para-hydroxylation sites is 1. The molecule has 2 atom stereocenters. The first-order valence-corrected chi connectivity index (χ1v) is 10.6. The fraction of sp³-hybridized carbons (Fsp3) is 0.231. The second-order valence-corrected chi connectivity index (χ2v) is 7.73. The smallest absolute Gasteiger partial charge is 0.258 e. The summed E-state index contributed by atoms with van der Waals surface area (Å²) in [7, 11) is 3.32. The molecule has 6 nitrogen and oxygen atoms in total. The zero-order valence-corrected chi connectivity index (χ0v) is 18.5. The molecular formula is C26H27N3O3. The van der Waals surface area contributed by atoms with Gasteiger partial charge in [0.25, 0.3) is 5.56 Å². The summed E-state index contributed by atoms with van der Waals surface area (Å²) in [5.41, 5.74) is 2.86. The number of benzene rings is 3. The molecule has 4 rings (SSSR count). The third-order valence-corrected chi connectivity index (χ3v) is 5.61. The normalized spacial score (nSPS) is 13.0. The molecule has 2 N–H and O–H groups in total. The molecule has 3 aromatic carbocycles. The standard InChI is InChI=1S/C26H27N3O3/c1-17(25-28-23-7-5-4-6-22(23)26(30)29-25)27-24(19-10-14-21(32-3)15-11-19)16-18-8-12-20(31-2)13-9-18/h4-15,17,24,27H,16H2,1-3H3,(H,28,29,30)/t17-,24-/m0/s1. The Hall–Kier alpha value is -3.64. The first-order valence-electron chi connectivity index (χ1n) is 10.6. The van der Waals surface area contributed by atoms with Gasteiger partial charge in [-0.05, 0) is 60.9 Å². The number of aromatic amines is 1. The SMILES string of the molecule is COc1ccc(C[C@H](N[C@@H](C)c2nc3ccccc3c(=O)[nH]2)c2ccc(OC)cc2)cc1. The van der Waals surface area contributed by atoms with Gasteiger partial charge in [-0.2, -0.15) is 0 Å². The van der Waals surface area contributed by atoms with Gasteiger partial charge in [-0.1, -0.05) is 36.4 Å². The van der Waals surface area contributed by atoms with Crippen molar-refractivity contribution in [3.05, 3.63) is 100 Å². The highest BCUT2D eigenvalue weighted by atomic mass is 16.5. The van der Waals surface area contributed by atoms with Gasteiger partial charge in [-0.15, -0.1) is 0 Å². The Kier molecular flexibility index (Phi) is 6.52. The van der Waals surface area contributed by atoms with Crippen LogP contribution in [-0.2, 0) is 6.42 Å². The molecule has 0 radical (unpaired) electrons. The second kappa shape index (κ2) is 9.66. The molecule has 0 bridgehead atoms. The van der Waals surface area contributed by atoms with Crippen molar-refractivity contribution in [1.82, 2.24) is 15.3 Å². The lowest BCUT2D eigenvalue weighted by Gasteiger charge is -2.24. The zero-order chi connectivity index (χ0) is 22.5. The van der Waals surface area contributed by atoms with Crippen molar-refractivity contribution >= 4 is 10.9 Å². The number of ether oxygens (including phenoxy) is 2. The van der Waals surface area contributed by atoms with Crippen LogP contribution in [0, 0.1) is 0 Å². The molecule has 1 aromatic heterocycles. The predicted molar refractivity (Wildman–Crippen MR) is 126 cm³/mol. The van der Waals surface area contributed by atoms with Crippen molar-refractivity contribution < 1.29 is 9.47 Å². The van der Waals surface area contributed by atoms with Crippen LogP contribution < -0.4 is 20.3 Å². The van der Waals surface area contributed by atoms with Crippen LogP contribution >= 0.6 is 0 Å². The Morgan fingerprint density at radius 2 is 1.53 bits per heavy atom. The summed E-state index contributed by atoms with van der Waals surface area (Å²) < 4.78 is 10.6. The number of hydrogen-bond acceptors (Lipinski definition) is 5. The summed E-state index contributed by atoms with van der Waals surface area (Å²) in [6, 6.07) is 23.3. The minimum Gasteiger partial charge on any atom is -0.497 e. The fourth-order valence-electron chi connectivity index (χ4n) is 3.80. The van der Waals surface area contributed by atoms with Crippen molar-refractivity contribution in [2.45, 2.75) is 25.4 Å². The van der Waals surface area contributed by atoms with Crippen LogP contribution in [0.15, 0.2) is 77.6 Å². The maximum absolute atomic E-state index is 12.5. The van der Waals surface area contributed by atoms with Gasteiger partial charge in [0, 0.05) is 6.04 Å². The van der Waals surface area contributed by atoms with E-state index in [1.54, 1.807) is 20.3 Å². The van der Waals surface area contributed by atoms with Crippen molar-refractivity contribution in [2.24, 2.45) is 0 Å². The average molecular weight is 430 g/mol. The van der Waals surface area contributed by atoms with E-state index in [0.29, 0.717) is 16.7 Å². The van der Waals surface area contributed by atoms with Crippen LogP contribution in [0.1, 0.15) is 36.0 Å². The van der Waals surface area contributed by atoms with Gasteiger partial charge in [0.15, 0.2) is 0 Å². The molecule has 32 heavy (non-hydrogen) atoms. The molecule has 164 valence electrons. The van der Waals surface area contributed by atoms with Gasteiger partial charge in [0.05, 0.1) is 31.2 Å². The summed E-state index contributed by atoms with van der Waals surface area (Å²) in [4.78, 5) is 20.2. The van der Waals surface area contributed by atoms with Crippen LogP contribution in [0.4, 0.5) is 0 Å². The van der Waals surface area contributed by atoms with E-state index in [0.717, 1.165) is 23.5 Å². The van der Waals surface area contributed by atoms with Gasteiger partial charge < -0.3 is 19.8 Å². The number of nitrogens with one attached hydrogen (secondary N) is 2. The molecule has 0 amide bonds. The molecule has 0 aliphatic carbocycles. The topological polar surface area (TPSA) is 76.2 Å². The highest BCUT2D eigenvalue weighted by molar-refractivity contribution is 5.77. The number of aromatic nitrogens is 2. The third kappa shape index (κ3) is 4.81. The molecule has 0 saturated heterocycles. The minimum absolute atomic E-state index is 0.000994. The third-order valence-electron chi connectivity index (χ3n) is 5.61. The molecule has 0 aliphatic heterocycles. The number of rotatable bonds is 8. The number of methoxy groups -OCH3 is 2. The second-order valence-electron chi connectivity index (χ2n) is 7.73. The zero-order valence-electron chi connectivity index (χ0n) is 18.5. The van der Waals surface area contributed by atoms with E-state index in [1.165, 1.54) is 5.56 Å². The number of fused-ring (bicyclic) bond motifs is 1. The summed E-state index contributed by atoms with van der Waals surface area (Å²) in [5, 5.41) is 4.24. The fourth-order valence-corrected chi connectivity index (χ4v) is 3.80. The van der Waals surface area contributed by atoms with Crippen molar-refractivity contribution in [2.75, 3.05) is 14.2 Å². The number of H-pyrrole nitrogens is 1. The van der Waals surface area contributed by atoms with Crippen LogP contribution in [-0.4, -0.2) is 24.2 Å². The molecule has 4 aromatic rings. The first-order chi connectivity index (χ1) is 15.6. The summed E-state index contributed by atoms with van der Waals surface area (Å²) >= 11 is 0. The maximum Gasteiger partial charge on any atom is 0.258 e. The molecule has 0 fully saturated rings. The van der Waals surface area contributed by atoms with Crippen LogP contribution in [0.5, 0.6) is 11.5 Å². The first kappa shape index (κ1) is 21.6. The summed E-state index contributed by atoms with van der Waals surface area (Å²) in [5.74, 6) is 2.25. The van der Waals surface area contributed by atoms with Crippen LogP contribution in [0.2, 0.25) is 0 Å². The largest absolute Gasteiger partial charge is 0.497 e. The van der Waals surface area contributed by atoms with Crippen molar-refractivity contribution in [3.63, 3.8) is 0 Å². The molecule has 6 heteroatoms. The lowest BCUT2D eigenvalue weighted by atomic mass is 9.97. The van der Waals surface area contributed by atoms with E-state index in [2.05, 4.69) is 39.6 Å². The lowest BCUT2D eigenvalue weighted by molar-refractivity contribution is 0.412. The Labute approximate surface area is 187 Å². The van der Waals surface area contributed by atoms with E-state index in [1.807, 2.05) is 49.4 Å². The quantitative estimate of drug-likeness (QED) is 0.429. The van der Waals surface area contributed by atoms with Crippen LogP contribution in [0.3, 0.4) is 0 Å². The minimum atomic E-state index is -0.169. The Balaban J connectivity index is 1.63. The van der Waals surface area contributed by atoms with Gasteiger partial charge in [-0.25, -0.2) is 4.98 Å². The van der Waals surface area contributed by atoms with Gasteiger partial charge >= 0.3 is 0 Å². The number of nitrogens with zero attached hydrogens (tertiary/aromatic N) is 1. The monoisotopic (exact) mass is 429 g/mol. The van der Waals surface area contributed by atoms with E-state index >= 15 is 0 Å². The number of hydrogen-bond donors (Lipinski definition) is 2. The van der Waals surface area contributed by atoms with Gasteiger partial charge in [-0.3, -0.25) is 4.79 Å². The lowest BCUT2D eigenvalue weighted by Crippen LogP contribution is -2.29. The maximum atomic E-state index is 12.5. The molecule has 0 unspecified atom stereocenters. The Morgan fingerprint density at radius 1 is 0.906 bits per heavy atom. The van der Waals surface area contributed by atoms with Crippen molar-refractivity contribution in [3.8, 4) is 11.5 Å².